The fourth-order valence-corrected chi connectivity index (χ4v) is 2.69. The standard InChI is InChI=1S/C13H19NO4S/c1-3-4-5-9-14-19(16,17)12-8-6-7-11(10-12)13(15)18-2/h6-8,10,14H,3-5,9H2,1-2H3. The molecule has 0 unspecified atom stereocenters. The summed E-state index contributed by atoms with van der Waals surface area (Å²) in [6.45, 7) is 2.45. The van der Waals surface area contributed by atoms with Gasteiger partial charge in [-0.25, -0.2) is 17.9 Å². The molecule has 1 rings (SSSR count). The molecule has 0 heterocycles. The maximum atomic E-state index is 12.0. The molecule has 0 spiro atoms. The van der Waals surface area contributed by atoms with Crippen LogP contribution >= 0.6 is 0 Å². The number of sulfonamides is 1. The molecule has 0 aliphatic carbocycles. The second kappa shape index (κ2) is 7.25. The second-order valence-corrected chi connectivity index (χ2v) is 5.89. The summed E-state index contributed by atoms with van der Waals surface area (Å²) in [5.74, 6) is -0.553. The number of carbonyl (C=O) groups is 1. The van der Waals surface area contributed by atoms with E-state index in [0.717, 1.165) is 19.3 Å². The predicted molar refractivity (Wildman–Crippen MR) is 72.5 cm³/mol. The average molecular weight is 285 g/mol. The van der Waals surface area contributed by atoms with Gasteiger partial charge in [0.1, 0.15) is 0 Å². The zero-order valence-electron chi connectivity index (χ0n) is 11.2. The number of methoxy groups -OCH3 is 1. The van der Waals surface area contributed by atoms with Crippen molar-refractivity contribution in [1.29, 1.82) is 0 Å². The van der Waals surface area contributed by atoms with Crippen LogP contribution in [0.1, 0.15) is 36.5 Å². The Balaban J connectivity index is 2.80. The van der Waals surface area contributed by atoms with Crippen LogP contribution in [0.5, 0.6) is 0 Å². The van der Waals surface area contributed by atoms with Crippen LogP contribution in [0.2, 0.25) is 0 Å². The predicted octanol–water partition coefficient (Wildman–Crippen LogP) is 1.94. The topological polar surface area (TPSA) is 72.5 Å². The Kier molecular flexibility index (Phi) is 5.98. The Bertz CT molecular complexity index is 525. The van der Waals surface area contributed by atoms with Crippen molar-refractivity contribution in [1.82, 2.24) is 4.72 Å². The van der Waals surface area contributed by atoms with Gasteiger partial charge in [-0.2, -0.15) is 0 Å². The molecule has 0 aliphatic heterocycles. The van der Waals surface area contributed by atoms with E-state index in [9.17, 15) is 13.2 Å². The normalized spacial score (nSPS) is 11.3. The number of ether oxygens (including phenoxy) is 1. The number of benzene rings is 1. The summed E-state index contributed by atoms with van der Waals surface area (Å²) in [5.41, 5.74) is 0.221. The quantitative estimate of drug-likeness (QED) is 0.614. The first kappa shape index (κ1) is 15.7. The van der Waals surface area contributed by atoms with Gasteiger partial charge in [0, 0.05) is 6.54 Å². The van der Waals surface area contributed by atoms with Crippen molar-refractivity contribution in [3.63, 3.8) is 0 Å². The fraction of sp³-hybridized carbons (Fsp3) is 0.462. The summed E-state index contributed by atoms with van der Waals surface area (Å²) < 4.78 is 31.1. The van der Waals surface area contributed by atoms with Crippen LogP contribution in [0, 0.1) is 0 Å². The van der Waals surface area contributed by atoms with Crippen LogP contribution in [0.15, 0.2) is 29.2 Å². The van der Waals surface area contributed by atoms with Crippen molar-refractivity contribution < 1.29 is 17.9 Å². The van der Waals surface area contributed by atoms with Crippen molar-refractivity contribution in [3.8, 4) is 0 Å². The van der Waals surface area contributed by atoms with Gasteiger partial charge in [-0.1, -0.05) is 25.8 Å². The first-order chi connectivity index (χ1) is 9.01. The van der Waals surface area contributed by atoms with Gasteiger partial charge in [0.05, 0.1) is 17.6 Å². The lowest BCUT2D eigenvalue weighted by Gasteiger charge is -2.07. The SMILES string of the molecule is CCCCCNS(=O)(=O)c1cccc(C(=O)OC)c1. The van der Waals surface area contributed by atoms with Gasteiger partial charge in [-0.3, -0.25) is 0 Å². The molecular formula is C13H19NO4S. The lowest BCUT2D eigenvalue weighted by atomic mass is 10.2. The number of hydrogen-bond donors (Lipinski definition) is 1. The Labute approximate surface area is 114 Å². The van der Waals surface area contributed by atoms with E-state index in [1.807, 2.05) is 6.92 Å². The molecular weight excluding hydrogens is 266 g/mol. The Hall–Kier alpha value is -1.40. The molecule has 0 amide bonds. The molecule has 0 bridgehead atoms. The van der Waals surface area contributed by atoms with Crippen LogP contribution in [-0.4, -0.2) is 28.0 Å². The van der Waals surface area contributed by atoms with Crippen molar-refractivity contribution in [3.05, 3.63) is 29.8 Å². The molecule has 0 radical (unpaired) electrons. The molecule has 0 aromatic heterocycles. The van der Waals surface area contributed by atoms with E-state index in [1.54, 1.807) is 0 Å². The third-order valence-corrected chi connectivity index (χ3v) is 4.10. The summed E-state index contributed by atoms with van der Waals surface area (Å²) in [7, 11) is -2.31. The van der Waals surface area contributed by atoms with E-state index in [2.05, 4.69) is 9.46 Å². The molecule has 19 heavy (non-hydrogen) atoms. The smallest absolute Gasteiger partial charge is 0.337 e. The molecule has 1 aromatic rings. The third-order valence-electron chi connectivity index (χ3n) is 2.64. The monoisotopic (exact) mass is 285 g/mol. The maximum absolute atomic E-state index is 12.0. The van der Waals surface area contributed by atoms with Crippen molar-refractivity contribution in [2.75, 3.05) is 13.7 Å². The average Bonchev–Trinajstić information content (AvgIpc) is 2.43. The van der Waals surface area contributed by atoms with E-state index in [-0.39, 0.29) is 10.5 Å². The molecule has 1 N–H and O–H groups in total. The molecule has 0 aliphatic rings. The molecule has 5 nitrogen and oxygen atoms in total. The first-order valence-electron chi connectivity index (χ1n) is 6.19. The van der Waals surface area contributed by atoms with E-state index in [4.69, 9.17) is 0 Å². The summed E-state index contributed by atoms with van der Waals surface area (Å²) in [6.07, 6.45) is 2.80. The molecule has 106 valence electrons. The minimum absolute atomic E-state index is 0.0758. The number of rotatable bonds is 7. The molecule has 1 aromatic carbocycles. The van der Waals surface area contributed by atoms with Crippen molar-refractivity contribution in [2.45, 2.75) is 31.1 Å². The number of hydrogen-bond acceptors (Lipinski definition) is 4. The Morgan fingerprint density at radius 3 is 2.68 bits per heavy atom. The van der Waals surface area contributed by atoms with Gasteiger partial charge in [0.15, 0.2) is 0 Å². The van der Waals surface area contributed by atoms with Gasteiger partial charge >= 0.3 is 5.97 Å². The Morgan fingerprint density at radius 1 is 1.32 bits per heavy atom. The number of unbranched alkanes of at least 4 members (excludes halogenated alkanes) is 2. The molecule has 6 heteroatoms. The lowest BCUT2D eigenvalue weighted by molar-refractivity contribution is 0.0600. The van der Waals surface area contributed by atoms with Crippen molar-refractivity contribution >= 4 is 16.0 Å². The molecule has 0 fully saturated rings. The van der Waals surface area contributed by atoms with E-state index in [1.165, 1.54) is 31.4 Å². The minimum atomic E-state index is -3.56. The zero-order valence-corrected chi connectivity index (χ0v) is 12.0. The van der Waals surface area contributed by atoms with E-state index in [0.29, 0.717) is 6.54 Å². The molecule has 0 atom stereocenters. The first-order valence-corrected chi connectivity index (χ1v) is 7.67. The molecule has 0 saturated carbocycles. The zero-order chi connectivity index (χ0) is 14.3. The fourth-order valence-electron chi connectivity index (χ4n) is 1.57. The van der Waals surface area contributed by atoms with Gasteiger partial charge < -0.3 is 4.74 Å². The Morgan fingerprint density at radius 2 is 2.05 bits per heavy atom. The van der Waals surface area contributed by atoms with E-state index < -0.39 is 16.0 Å². The van der Waals surface area contributed by atoms with Crippen LogP contribution in [0.25, 0.3) is 0 Å². The summed E-state index contributed by atoms with van der Waals surface area (Å²) >= 11 is 0. The van der Waals surface area contributed by atoms with Crippen LogP contribution in [0.4, 0.5) is 0 Å². The summed E-state index contributed by atoms with van der Waals surface area (Å²) in [6, 6.07) is 5.80. The van der Waals surface area contributed by atoms with Crippen molar-refractivity contribution in [2.24, 2.45) is 0 Å². The van der Waals surface area contributed by atoms with Gasteiger partial charge in [0.2, 0.25) is 10.0 Å². The van der Waals surface area contributed by atoms with Crippen LogP contribution in [-0.2, 0) is 14.8 Å². The highest BCUT2D eigenvalue weighted by molar-refractivity contribution is 7.89. The van der Waals surface area contributed by atoms with Gasteiger partial charge in [-0.15, -0.1) is 0 Å². The highest BCUT2D eigenvalue weighted by Crippen LogP contribution is 2.12. The van der Waals surface area contributed by atoms with Crippen LogP contribution in [0.3, 0.4) is 0 Å². The van der Waals surface area contributed by atoms with E-state index >= 15 is 0 Å². The van der Waals surface area contributed by atoms with Gasteiger partial charge in [-0.05, 0) is 24.6 Å². The minimum Gasteiger partial charge on any atom is -0.465 e. The number of esters is 1. The largest absolute Gasteiger partial charge is 0.465 e. The van der Waals surface area contributed by atoms with Crippen LogP contribution < -0.4 is 4.72 Å². The summed E-state index contributed by atoms with van der Waals surface area (Å²) in [5, 5.41) is 0. The van der Waals surface area contributed by atoms with Gasteiger partial charge in [0.25, 0.3) is 0 Å². The lowest BCUT2D eigenvalue weighted by Crippen LogP contribution is -2.25. The highest BCUT2D eigenvalue weighted by atomic mass is 32.2. The third kappa shape index (κ3) is 4.65. The molecule has 0 saturated heterocycles. The maximum Gasteiger partial charge on any atom is 0.337 e. The number of carbonyl (C=O) groups excluding carboxylic acids is 1. The summed E-state index contributed by atoms with van der Waals surface area (Å²) in [4.78, 5) is 11.4. The second-order valence-electron chi connectivity index (χ2n) is 4.12. The number of nitrogens with one attached hydrogen (secondary N) is 1. The highest BCUT2D eigenvalue weighted by Gasteiger charge is 2.15.